The van der Waals surface area contributed by atoms with E-state index in [-0.39, 0.29) is 5.82 Å². The average Bonchev–Trinajstić information content (AvgIpc) is 2.39. The van der Waals surface area contributed by atoms with Crippen LogP contribution in [-0.4, -0.2) is 11.0 Å². The molecule has 0 aliphatic carbocycles. The zero-order valence-electron chi connectivity index (χ0n) is 11.7. The Morgan fingerprint density at radius 3 is 2.35 bits per heavy atom. The Morgan fingerprint density at radius 2 is 1.80 bits per heavy atom. The fourth-order valence-corrected chi connectivity index (χ4v) is 2.66. The molecule has 0 spiro atoms. The van der Waals surface area contributed by atoms with E-state index in [0.717, 1.165) is 22.3 Å². The van der Waals surface area contributed by atoms with Crippen LogP contribution < -0.4 is 0 Å². The standard InChI is InChI=1S/C17H18ClFO/c1-12-11-15(19)7-8-16(12)13-3-5-14(6-4-13)17(2,20)9-10-18/h3-8,11,20H,9-10H2,1-2H3. The number of alkyl halides is 1. The second-order valence-corrected chi connectivity index (χ2v) is 5.63. The molecule has 2 aromatic carbocycles. The normalized spacial score (nSPS) is 14.1. The molecule has 0 aliphatic rings. The highest BCUT2D eigenvalue weighted by molar-refractivity contribution is 6.17. The van der Waals surface area contributed by atoms with Crippen molar-refractivity contribution in [2.45, 2.75) is 25.9 Å². The lowest BCUT2D eigenvalue weighted by molar-refractivity contribution is 0.0540. The van der Waals surface area contributed by atoms with Gasteiger partial charge in [-0.25, -0.2) is 4.39 Å². The third kappa shape index (κ3) is 3.20. The van der Waals surface area contributed by atoms with Crippen LogP contribution in [0.2, 0.25) is 0 Å². The summed E-state index contributed by atoms with van der Waals surface area (Å²) < 4.78 is 13.1. The van der Waals surface area contributed by atoms with Gasteiger partial charge in [-0.15, -0.1) is 11.6 Å². The maximum atomic E-state index is 13.1. The van der Waals surface area contributed by atoms with Gasteiger partial charge in [0.1, 0.15) is 5.82 Å². The average molecular weight is 293 g/mol. The SMILES string of the molecule is Cc1cc(F)ccc1-c1ccc(C(C)(O)CCCl)cc1. The van der Waals surface area contributed by atoms with Gasteiger partial charge in [-0.3, -0.25) is 0 Å². The third-order valence-corrected chi connectivity index (χ3v) is 3.78. The topological polar surface area (TPSA) is 20.2 Å². The maximum Gasteiger partial charge on any atom is 0.123 e. The van der Waals surface area contributed by atoms with Crippen molar-refractivity contribution in [3.8, 4) is 11.1 Å². The fourth-order valence-electron chi connectivity index (χ4n) is 2.29. The Morgan fingerprint density at radius 1 is 1.15 bits per heavy atom. The number of aliphatic hydroxyl groups is 1. The molecule has 0 heterocycles. The number of halogens is 2. The Kier molecular flexibility index (Phi) is 4.46. The zero-order valence-corrected chi connectivity index (χ0v) is 12.4. The molecule has 20 heavy (non-hydrogen) atoms. The van der Waals surface area contributed by atoms with Crippen molar-refractivity contribution < 1.29 is 9.50 Å². The molecule has 0 bridgehead atoms. The minimum Gasteiger partial charge on any atom is -0.385 e. The van der Waals surface area contributed by atoms with E-state index in [0.29, 0.717) is 12.3 Å². The summed E-state index contributed by atoms with van der Waals surface area (Å²) >= 11 is 5.70. The van der Waals surface area contributed by atoms with Crippen molar-refractivity contribution in [3.05, 3.63) is 59.4 Å². The first kappa shape index (κ1) is 15.0. The zero-order chi connectivity index (χ0) is 14.8. The van der Waals surface area contributed by atoms with Crippen molar-refractivity contribution >= 4 is 11.6 Å². The summed E-state index contributed by atoms with van der Waals surface area (Å²) in [5.74, 6) is 0.180. The van der Waals surface area contributed by atoms with Gasteiger partial charge >= 0.3 is 0 Å². The van der Waals surface area contributed by atoms with Crippen molar-refractivity contribution in [2.24, 2.45) is 0 Å². The van der Waals surface area contributed by atoms with E-state index < -0.39 is 5.60 Å². The molecule has 106 valence electrons. The lowest BCUT2D eigenvalue weighted by Crippen LogP contribution is -2.21. The van der Waals surface area contributed by atoms with Gasteiger partial charge in [0.05, 0.1) is 5.60 Å². The molecule has 1 nitrogen and oxygen atoms in total. The summed E-state index contributed by atoms with van der Waals surface area (Å²) in [7, 11) is 0. The molecule has 0 aliphatic heterocycles. The molecule has 0 fully saturated rings. The third-order valence-electron chi connectivity index (χ3n) is 3.59. The van der Waals surface area contributed by atoms with Gasteiger partial charge in [0, 0.05) is 5.88 Å². The number of hydrogen-bond acceptors (Lipinski definition) is 1. The second kappa shape index (κ2) is 5.94. The van der Waals surface area contributed by atoms with Gasteiger partial charge in [-0.1, -0.05) is 30.3 Å². The molecular formula is C17H18ClFO. The van der Waals surface area contributed by atoms with E-state index in [1.54, 1.807) is 13.0 Å². The van der Waals surface area contributed by atoms with Crippen LogP contribution in [0.5, 0.6) is 0 Å². The molecule has 1 atom stereocenters. The molecule has 3 heteroatoms. The monoisotopic (exact) mass is 292 g/mol. The molecule has 2 aromatic rings. The summed E-state index contributed by atoms with van der Waals surface area (Å²) in [5.41, 5.74) is 2.81. The van der Waals surface area contributed by atoms with E-state index in [1.807, 2.05) is 31.2 Å². The first-order valence-electron chi connectivity index (χ1n) is 6.59. The highest BCUT2D eigenvalue weighted by atomic mass is 35.5. The van der Waals surface area contributed by atoms with E-state index in [4.69, 9.17) is 11.6 Å². The van der Waals surface area contributed by atoms with Gasteiger partial charge in [0.25, 0.3) is 0 Å². The Bertz CT molecular complexity index is 590. The number of hydrogen-bond donors (Lipinski definition) is 1. The second-order valence-electron chi connectivity index (χ2n) is 5.25. The quantitative estimate of drug-likeness (QED) is 0.814. The van der Waals surface area contributed by atoms with Crippen LogP contribution in [0, 0.1) is 12.7 Å². The van der Waals surface area contributed by atoms with Crippen LogP contribution >= 0.6 is 11.6 Å². The molecule has 0 radical (unpaired) electrons. The van der Waals surface area contributed by atoms with Crippen LogP contribution in [0.25, 0.3) is 11.1 Å². The molecule has 0 saturated carbocycles. The van der Waals surface area contributed by atoms with Gasteiger partial charge in [-0.2, -0.15) is 0 Å². The predicted molar refractivity (Wildman–Crippen MR) is 81.5 cm³/mol. The summed E-state index contributed by atoms with van der Waals surface area (Å²) in [5, 5.41) is 10.3. The van der Waals surface area contributed by atoms with Crippen LogP contribution in [-0.2, 0) is 5.60 Å². The summed E-state index contributed by atoms with van der Waals surface area (Å²) in [6.07, 6.45) is 0.503. The highest BCUT2D eigenvalue weighted by Gasteiger charge is 2.22. The van der Waals surface area contributed by atoms with Gasteiger partial charge in [0.2, 0.25) is 0 Å². The molecule has 2 rings (SSSR count). The van der Waals surface area contributed by atoms with Crippen LogP contribution in [0.15, 0.2) is 42.5 Å². The smallest absolute Gasteiger partial charge is 0.123 e. The van der Waals surface area contributed by atoms with Gasteiger partial charge < -0.3 is 5.11 Å². The van der Waals surface area contributed by atoms with E-state index in [1.165, 1.54) is 12.1 Å². The molecule has 0 saturated heterocycles. The molecule has 1 N–H and O–H groups in total. The fraction of sp³-hybridized carbons (Fsp3) is 0.294. The predicted octanol–water partition coefficient (Wildman–Crippen LogP) is 4.64. The minimum absolute atomic E-state index is 0.229. The number of aryl methyl sites for hydroxylation is 1. The summed E-state index contributed by atoms with van der Waals surface area (Å²) in [4.78, 5) is 0. The Labute approximate surface area is 124 Å². The maximum absolute atomic E-state index is 13.1. The van der Waals surface area contributed by atoms with E-state index in [9.17, 15) is 9.50 Å². The Balaban J connectivity index is 2.33. The molecule has 0 amide bonds. The molecule has 0 aromatic heterocycles. The van der Waals surface area contributed by atoms with Gasteiger partial charge in [-0.05, 0) is 54.7 Å². The lowest BCUT2D eigenvalue weighted by atomic mass is 9.91. The minimum atomic E-state index is -0.919. The molecular weight excluding hydrogens is 275 g/mol. The summed E-state index contributed by atoms with van der Waals surface area (Å²) in [6.45, 7) is 3.64. The number of rotatable bonds is 4. The number of benzene rings is 2. The van der Waals surface area contributed by atoms with Crippen LogP contribution in [0.1, 0.15) is 24.5 Å². The summed E-state index contributed by atoms with van der Waals surface area (Å²) in [6, 6.07) is 12.4. The van der Waals surface area contributed by atoms with Gasteiger partial charge in [0.15, 0.2) is 0 Å². The largest absolute Gasteiger partial charge is 0.385 e. The lowest BCUT2D eigenvalue weighted by Gasteiger charge is -2.23. The van der Waals surface area contributed by atoms with E-state index >= 15 is 0 Å². The van der Waals surface area contributed by atoms with E-state index in [2.05, 4.69) is 0 Å². The van der Waals surface area contributed by atoms with Crippen molar-refractivity contribution in [2.75, 3.05) is 5.88 Å². The highest BCUT2D eigenvalue weighted by Crippen LogP contribution is 2.29. The Hall–Kier alpha value is -1.38. The van der Waals surface area contributed by atoms with Crippen molar-refractivity contribution in [3.63, 3.8) is 0 Å². The van der Waals surface area contributed by atoms with Crippen molar-refractivity contribution in [1.29, 1.82) is 0 Å². The first-order chi connectivity index (χ1) is 9.44. The van der Waals surface area contributed by atoms with Crippen LogP contribution in [0.3, 0.4) is 0 Å². The first-order valence-corrected chi connectivity index (χ1v) is 7.13. The van der Waals surface area contributed by atoms with Crippen molar-refractivity contribution in [1.82, 2.24) is 0 Å². The molecule has 1 unspecified atom stereocenters. The van der Waals surface area contributed by atoms with Crippen LogP contribution in [0.4, 0.5) is 4.39 Å².